The molecule has 0 spiro atoms. The van der Waals surface area contributed by atoms with Crippen LogP contribution in [0.15, 0.2) is 0 Å². The summed E-state index contributed by atoms with van der Waals surface area (Å²) < 4.78 is 4.92. The summed E-state index contributed by atoms with van der Waals surface area (Å²) in [5, 5.41) is 0. The zero-order chi connectivity index (χ0) is 6.57. The molecule has 0 aliphatic rings. The first-order valence-electron chi connectivity index (χ1n) is 2.96. The molecule has 0 aromatic carbocycles. The molecule has 0 fully saturated rings. The van der Waals surface area contributed by atoms with E-state index in [2.05, 4.69) is 0 Å². The molecule has 0 aliphatic carbocycles. The van der Waals surface area contributed by atoms with Gasteiger partial charge in [0.15, 0.2) is 0 Å². The van der Waals surface area contributed by atoms with E-state index in [0.29, 0.717) is 0 Å². The Morgan fingerprint density at radius 1 is 1.62 bits per heavy atom. The van der Waals surface area contributed by atoms with Crippen LogP contribution >= 0.6 is 0 Å². The molecule has 0 aromatic rings. The average Bonchev–Trinajstić information content (AvgIpc) is 1.84. The summed E-state index contributed by atoms with van der Waals surface area (Å²) in [6, 6.07) is -0.0556. The number of hydrogen-bond donors (Lipinski definition) is 0. The van der Waals surface area contributed by atoms with Crippen LogP contribution in [0.3, 0.4) is 0 Å². The third kappa shape index (κ3) is 2.28. The maximum absolute atomic E-state index is 7.30. The maximum atomic E-state index is 7.30. The summed E-state index contributed by atoms with van der Waals surface area (Å²) in [4.78, 5) is 0. The minimum Gasteiger partial charge on any atom is -0.380 e. The lowest BCUT2D eigenvalue weighted by Crippen LogP contribution is -2.25. The molecular formula is C6H14NO. The van der Waals surface area contributed by atoms with Crippen molar-refractivity contribution in [2.45, 2.75) is 32.4 Å². The Labute approximate surface area is 51.0 Å². The molecule has 1 radical (unpaired) electrons. The Bertz CT molecular complexity index is 48.5. The SMILES string of the molecule is CCC([NH])C(C)OC. The highest BCUT2D eigenvalue weighted by molar-refractivity contribution is 4.64. The lowest BCUT2D eigenvalue weighted by molar-refractivity contribution is 0.0922. The van der Waals surface area contributed by atoms with Gasteiger partial charge in [0.1, 0.15) is 0 Å². The highest BCUT2D eigenvalue weighted by atomic mass is 16.5. The quantitative estimate of drug-likeness (QED) is 0.543. The van der Waals surface area contributed by atoms with Crippen LogP contribution in [0.2, 0.25) is 0 Å². The number of ether oxygens (including phenoxy) is 1. The number of nitrogens with one attached hydrogen (secondary N) is 1. The van der Waals surface area contributed by atoms with Crippen LogP contribution in [0.5, 0.6) is 0 Å². The van der Waals surface area contributed by atoms with Gasteiger partial charge in [-0.2, -0.15) is 0 Å². The molecule has 0 saturated carbocycles. The molecule has 0 aromatic heterocycles. The lowest BCUT2D eigenvalue weighted by atomic mass is 10.1. The minimum absolute atomic E-state index is 0.0556. The highest BCUT2D eigenvalue weighted by Crippen LogP contribution is 1.98. The number of hydrogen-bond acceptors (Lipinski definition) is 1. The van der Waals surface area contributed by atoms with Crippen LogP contribution in [-0.4, -0.2) is 19.3 Å². The minimum atomic E-state index is -0.0556. The van der Waals surface area contributed by atoms with Gasteiger partial charge < -0.3 is 4.74 Å². The van der Waals surface area contributed by atoms with Crippen molar-refractivity contribution in [3.63, 3.8) is 0 Å². The largest absolute Gasteiger partial charge is 0.380 e. The van der Waals surface area contributed by atoms with E-state index < -0.39 is 0 Å². The van der Waals surface area contributed by atoms with E-state index in [1.165, 1.54) is 0 Å². The second-order valence-corrected chi connectivity index (χ2v) is 1.96. The van der Waals surface area contributed by atoms with Gasteiger partial charge in [-0.25, -0.2) is 0 Å². The maximum Gasteiger partial charge on any atom is 0.0709 e. The van der Waals surface area contributed by atoms with Crippen molar-refractivity contribution in [1.82, 2.24) is 5.73 Å². The summed E-state index contributed by atoms with van der Waals surface area (Å²) >= 11 is 0. The summed E-state index contributed by atoms with van der Waals surface area (Å²) in [7, 11) is 1.64. The predicted molar refractivity (Wildman–Crippen MR) is 33.6 cm³/mol. The molecule has 8 heavy (non-hydrogen) atoms. The van der Waals surface area contributed by atoms with Crippen LogP contribution in [0, 0.1) is 0 Å². The fraction of sp³-hybridized carbons (Fsp3) is 1.00. The van der Waals surface area contributed by atoms with Gasteiger partial charge in [-0.1, -0.05) is 6.92 Å². The van der Waals surface area contributed by atoms with Gasteiger partial charge >= 0.3 is 0 Å². The second-order valence-electron chi connectivity index (χ2n) is 1.96. The van der Waals surface area contributed by atoms with Crippen molar-refractivity contribution >= 4 is 0 Å². The van der Waals surface area contributed by atoms with Crippen molar-refractivity contribution in [3.05, 3.63) is 0 Å². The first kappa shape index (κ1) is 7.92. The van der Waals surface area contributed by atoms with Crippen molar-refractivity contribution in [2.24, 2.45) is 0 Å². The molecule has 2 heteroatoms. The molecule has 2 atom stereocenters. The normalized spacial score (nSPS) is 18.0. The van der Waals surface area contributed by atoms with E-state index in [1.54, 1.807) is 7.11 Å². The van der Waals surface area contributed by atoms with E-state index >= 15 is 0 Å². The van der Waals surface area contributed by atoms with E-state index in [4.69, 9.17) is 10.5 Å². The predicted octanol–water partition coefficient (Wildman–Crippen LogP) is 1.08. The third-order valence-electron chi connectivity index (χ3n) is 1.38. The average molecular weight is 116 g/mol. The van der Waals surface area contributed by atoms with Crippen molar-refractivity contribution in [3.8, 4) is 0 Å². The Morgan fingerprint density at radius 2 is 2.12 bits per heavy atom. The van der Waals surface area contributed by atoms with Gasteiger partial charge in [0.2, 0.25) is 0 Å². The molecule has 1 N–H and O–H groups in total. The van der Waals surface area contributed by atoms with E-state index in [-0.39, 0.29) is 12.1 Å². The smallest absolute Gasteiger partial charge is 0.0709 e. The highest BCUT2D eigenvalue weighted by Gasteiger charge is 2.07. The molecule has 0 rings (SSSR count). The van der Waals surface area contributed by atoms with Gasteiger partial charge in [-0.15, -0.1) is 0 Å². The van der Waals surface area contributed by atoms with Crippen LogP contribution < -0.4 is 5.73 Å². The van der Waals surface area contributed by atoms with Crippen LogP contribution in [-0.2, 0) is 4.74 Å². The first-order chi connectivity index (χ1) is 3.72. The second kappa shape index (κ2) is 3.87. The van der Waals surface area contributed by atoms with Crippen molar-refractivity contribution < 1.29 is 4.74 Å². The molecule has 0 saturated heterocycles. The van der Waals surface area contributed by atoms with Gasteiger partial charge in [0.25, 0.3) is 0 Å². The third-order valence-corrected chi connectivity index (χ3v) is 1.38. The number of methoxy groups -OCH3 is 1. The molecular weight excluding hydrogens is 102 g/mol. The molecule has 0 heterocycles. The monoisotopic (exact) mass is 116 g/mol. The van der Waals surface area contributed by atoms with Crippen molar-refractivity contribution in [1.29, 1.82) is 0 Å². The zero-order valence-electron chi connectivity index (χ0n) is 5.77. The molecule has 2 unspecified atom stereocenters. The Morgan fingerprint density at radius 3 is 2.25 bits per heavy atom. The Hall–Kier alpha value is -0.0800. The van der Waals surface area contributed by atoms with Gasteiger partial charge in [0, 0.05) is 13.2 Å². The van der Waals surface area contributed by atoms with Gasteiger partial charge in [-0.05, 0) is 13.3 Å². The fourth-order valence-corrected chi connectivity index (χ4v) is 0.496. The van der Waals surface area contributed by atoms with E-state index in [0.717, 1.165) is 6.42 Å². The number of rotatable bonds is 3. The van der Waals surface area contributed by atoms with Crippen molar-refractivity contribution in [2.75, 3.05) is 7.11 Å². The summed E-state index contributed by atoms with van der Waals surface area (Å²) in [6.45, 7) is 3.91. The standard InChI is InChI=1S/C6H14NO/c1-4-6(7)5(2)8-3/h5-7H,4H2,1-3H3. The summed E-state index contributed by atoms with van der Waals surface area (Å²) in [6.07, 6.45) is 0.953. The van der Waals surface area contributed by atoms with Gasteiger partial charge in [0.05, 0.1) is 6.10 Å². The van der Waals surface area contributed by atoms with Crippen LogP contribution in [0.4, 0.5) is 0 Å². The fourth-order valence-electron chi connectivity index (χ4n) is 0.496. The van der Waals surface area contributed by atoms with Gasteiger partial charge in [-0.3, -0.25) is 5.73 Å². The Kier molecular flexibility index (Phi) is 3.83. The van der Waals surface area contributed by atoms with E-state index in [9.17, 15) is 0 Å². The summed E-state index contributed by atoms with van der Waals surface area (Å²) in [5.74, 6) is 0. The zero-order valence-corrected chi connectivity index (χ0v) is 5.77. The van der Waals surface area contributed by atoms with E-state index in [1.807, 2.05) is 13.8 Å². The molecule has 0 bridgehead atoms. The van der Waals surface area contributed by atoms with Crippen LogP contribution in [0.1, 0.15) is 20.3 Å². The van der Waals surface area contributed by atoms with Crippen LogP contribution in [0.25, 0.3) is 0 Å². The molecule has 0 amide bonds. The molecule has 49 valence electrons. The molecule has 0 aliphatic heterocycles. The lowest BCUT2D eigenvalue weighted by Gasteiger charge is -2.14. The topological polar surface area (TPSA) is 33.0 Å². The summed E-state index contributed by atoms with van der Waals surface area (Å²) in [5.41, 5.74) is 7.30. The first-order valence-corrected chi connectivity index (χ1v) is 2.96. The Balaban J connectivity index is 3.29. The molecule has 2 nitrogen and oxygen atoms in total.